The van der Waals surface area contributed by atoms with E-state index in [-0.39, 0.29) is 9.92 Å². The van der Waals surface area contributed by atoms with E-state index in [0.29, 0.717) is 0 Å². The van der Waals surface area contributed by atoms with Crippen LogP contribution in [0.15, 0.2) is 22.6 Å². The topological polar surface area (TPSA) is 71.6 Å². The van der Waals surface area contributed by atoms with E-state index in [4.69, 9.17) is 0 Å². The maximum absolute atomic E-state index is 10.7. The third-order valence-electron chi connectivity index (χ3n) is 2.85. The van der Waals surface area contributed by atoms with Gasteiger partial charge in [-0.05, 0) is 6.07 Å². The van der Waals surface area contributed by atoms with Crippen molar-refractivity contribution in [1.82, 2.24) is 9.99 Å². The summed E-state index contributed by atoms with van der Waals surface area (Å²) < 4.78 is 0. The van der Waals surface area contributed by atoms with Crippen LogP contribution in [0.3, 0.4) is 0 Å². The quantitative estimate of drug-likeness (QED) is 0.486. The van der Waals surface area contributed by atoms with Crippen molar-refractivity contribution in [3.63, 3.8) is 0 Å². The van der Waals surface area contributed by atoms with E-state index in [1.165, 1.54) is 17.4 Å². The molecule has 0 unspecified atom stereocenters. The van der Waals surface area contributed by atoms with E-state index in [1.807, 2.05) is 22.2 Å². The van der Waals surface area contributed by atoms with Crippen molar-refractivity contribution in [1.29, 1.82) is 0 Å². The summed E-state index contributed by atoms with van der Waals surface area (Å²) in [6.45, 7) is 1.94. The summed E-state index contributed by atoms with van der Waals surface area (Å²) in [5, 5.41) is 20.0. The Balaban J connectivity index is 1.70. The number of nitro groups is 1. The molecule has 21 heavy (non-hydrogen) atoms. The lowest BCUT2D eigenvalue weighted by Gasteiger charge is -2.22. The van der Waals surface area contributed by atoms with Gasteiger partial charge >= 0.3 is 5.00 Å². The van der Waals surface area contributed by atoms with Crippen molar-refractivity contribution in [3.05, 3.63) is 33.3 Å². The zero-order valence-corrected chi connectivity index (χ0v) is 13.4. The molecule has 0 amide bonds. The molecular weight excluding hydrogens is 328 g/mol. The van der Waals surface area contributed by atoms with E-state index in [0.717, 1.165) is 51.5 Å². The highest BCUT2D eigenvalue weighted by Gasteiger charge is 2.13. The third kappa shape index (κ3) is 3.60. The summed E-state index contributed by atoms with van der Waals surface area (Å²) in [6, 6.07) is 3.25. The van der Waals surface area contributed by atoms with Crippen LogP contribution < -0.4 is 0 Å². The number of thiophene rings is 1. The lowest BCUT2D eigenvalue weighted by molar-refractivity contribution is -0.380. The minimum Gasteiger partial charge on any atom is -0.295 e. The summed E-state index contributed by atoms with van der Waals surface area (Å²) in [5.41, 5.74) is 0.796. The molecule has 3 rings (SSSR count). The van der Waals surface area contributed by atoms with Crippen LogP contribution in [0.25, 0.3) is 9.88 Å². The van der Waals surface area contributed by atoms with Crippen molar-refractivity contribution in [2.45, 2.75) is 0 Å². The number of aromatic nitrogens is 1. The molecule has 0 N–H and O–H groups in total. The van der Waals surface area contributed by atoms with Gasteiger partial charge in [0.2, 0.25) is 0 Å². The molecule has 6 nitrogen and oxygen atoms in total. The van der Waals surface area contributed by atoms with Gasteiger partial charge in [0.1, 0.15) is 5.01 Å². The zero-order valence-electron chi connectivity index (χ0n) is 11.0. The van der Waals surface area contributed by atoms with Crippen LogP contribution in [0.5, 0.6) is 0 Å². The first kappa shape index (κ1) is 14.5. The minimum atomic E-state index is -0.376. The second-order valence-corrected chi connectivity index (χ2v) is 7.43. The van der Waals surface area contributed by atoms with Gasteiger partial charge < -0.3 is 0 Å². The fourth-order valence-electron chi connectivity index (χ4n) is 1.81. The molecule has 2 aromatic rings. The van der Waals surface area contributed by atoms with Gasteiger partial charge in [0.05, 0.1) is 21.7 Å². The van der Waals surface area contributed by atoms with Gasteiger partial charge in [-0.3, -0.25) is 15.1 Å². The molecule has 1 aliphatic heterocycles. The maximum Gasteiger partial charge on any atom is 0.324 e. The molecule has 1 saturated heterocycles. The van der Waals surface area contributed by atoms with Crippen LogP contribution >= 0.6 is 34.4 Å². The highest BCUT2D eigenvalue weighted by molar-refractivity contribution is 7.99. The maximum atomic E-state index is 10.7. The normalized spacial score (nSPS) is 15.7. The number of hydrogen-bond acceptors (Lipinski definition) is 8. The first-order valence-electron chi connectivity index (χ1n) is 6.29. The molecule has 9 heteroatoms. The van der Waals surface area contributed by atoms with Crippen LogP contribution in [-0.4, -0.2) is 45.7 Å². The fraction of sp³-hybridized carbons (Fsp3) is 0.333. The van der Waals surface area contributed by atoms with Crippen molar-refractivity contribution < 1.29 is 4.92 Å². The Hall–Kier alpha value is -1.45. The van der Waals surface area contributed by atoms with Crippen molar-refractivity contribution in [3.8, 4) is 9.88 Å². The van der Waals surface area contributed by atoms with Gasteiger partial charge in [-0.1, -0.05) is 11.3 Å². The predicted octanol–water partition coefficient (Wildman–Crippen LogP) is 3.16. The van der Waals surface area contributed by atoms with Gasteiger partial charge in [0.25, 0.3) is 0 Å². The van der Waals surface area contributed by atoms with Gasteiger partial charge in [-0.25, -0.2) is 4.98 Å². The van der Waals surface area contributed by atoms with Gasteiger partial charge in [-0.2, -0.15) is 16.9 Å². The number of nitrogens with zero attached hydrogens (tertiary/aromatic N) is 4. The Bertz CT molecular complexity index is 661. The molecule has 0 saturated carbocycles. The summed E-state index contributed by atoms with van der Waals surface area (Å²) in [7, 11) is 0. The van der Waals surface area contributed by atoms with Gasteiger partial charge in [-0.15, -0.1) is 11.3 Å². The van der Waals surface area contributed by atoms with Crippen LogP contribution in [0.1, 0.15) is 5.69 Å². The Kier molecular flexibility index (Phi) is 4.51. The molecule has 0 aliphatic carbocycles. The Morgan fingerprint density at radius 2 is 2.19 bits per heavy atom. The summed E-state index contributed by atoms with van der Waals surface area (Å²) in [4.78, 5) is 15.6. The highest BCUT2D eigenvalue weighted by atomic mass is 32.2. The molecule has 0 aromatic carbocycles. The largest absolute Gasteiger partial charge is 0.324 e. The first-order valence-corrected chi connectivity index (χ1v) is 9.14. The van der Waals surface area contributed by atoms with Crippen LogP contribution in [-0.2, 0) is 0 Å². The number of rotatable bonds is 4. The molecule has 2 aromatic heterocycles. The van der Waals surface area contributed by atoms with Crippen LogP contribution in [0.4, 0.5) is 5.00 Å². The van der Waals surface area contributed by atoms with Gasteiger partial charge in [0.15, 0.2) is 0 Å². The molecule has 0 bridgehead atoms. The third-order valence-corrected chi connectivity index (χ3v) is 5.85. The molecule has 3 heterocycles. The lowest BCUT2D eigenvalue weighted by atomic mass is 10.4. The van der Waals surface area contributed by atoms with Crippen LogP contribution in [0, 0.1) is 10.1 Å². The molecule has 0 spiro atoms. The van der Waals surface area contributed by atoms with E-state index >= 15 is 0 Å². The fourth-order valence-corrected chi connectivity index (χ4v) is 4.36. The molecule has 0 atom stereocenters. The number of hydrogen-bond donors (Lipinski definition) is 0. The minimum absolute atomic E-state index is 0.140. The first-order chi connectivity index (χ1) is 10.2. The smallest absolute Gasteiger partial charge is 0.295 e. The average Bonchev–Trinajstić information content (AvgIpc) is 3.15. The van der Waals surface area contributed by atoms with E-state index in [9.17, 15) is 10.1 Å². The van der Waals surface area contributed by atoms with E-state index < -0.39 is 0 Å². The van der Waals surface area contributed by atoms with Crippen molar-refractivity contribution in [2.24, 2.45) is 5.10 Å². The van der Waals surface area contributed by atoms with Crippen LogP contribution in [0.2, 0.25) is 0 Å². The number of hydrazone groups is 1. The summed E-state index contributed by atoms with van der Waals surface area (Å²) >= 11 is 4.57. The zero-order chi connectivity index (χ0) is 14.7. The monoisotopic (exact) mass is 340 g/mol. The summed E-state index contributed by atoms with van der Waals surface area (Å²) in [6.07, 6.45) is 1.76. The van der Waals surface area contributed by atoms with Crippen molar-refractivity contribution in [2.75, 3.05) is 24.6 Å². The van der Waals surface area contributed by atoms with E-state index in [1.54, 1.807) is 12.3 Å². The average molecular weight is 340 g/mol. The van der Waals surface area contributed by atoms with Crippen molar-refractivity contribution >= 4 is 45.7 Å². The number of thiazole rings is 1. The highest BCUT2D eigenvalue weighted by Crippen LogP contribution is 2.34. The number of thioether (sulfide) groups is 1. The second kappa shape index (κ2) is 6.54. The SMILES string of the molecule is O=[N+]([O-])c1ccc(-c2nc(C=NN3CCSCC3)cs2)s1. The Labute approximate surface area is 133 Å². The molecular formula is C12H12N4O2S3. The molecule has 110 valence electrons. The lowest BCUT2D eigenvalue weighted by Crippen LogP contribution is -2.27. The van der Waals surface area contributed by atoms with E-state index in [2.05, 4.69) is 10.1 Å². The Morgan fingerprint density at radius 1 is 1.38 bits per heavy atom. The Morgan fingerprint density at radius 3 is 2.90 bits per heavy atom. The van der Waals surface area contributed by atoms with Gasteiger partial charge in [0, 0.05) is 36.0 Å². The standard InChI is InChI=1S/C12H12N4O2S3/c17-16(18)11-2-1-10(21-11)12-14-9(8-20-12)7-13-15-3-5-19-6-4-15/h1-2,7-8H,3-6H2. The molecule has 0 radical (unpaired) electrons. The predicted molar refractivity (Wildman–Crippen MR) is 88.6 cm³/mol. The molecule has 1 fully saturated rings. The second-order valence-electron chi connectivity index (χ2n) is 4.28. The summed E-state index contributed by atoms with van der Waals surface area (Å²) in [5.74, 6) is 2.22. The molecule has 1 aliphatic rings.